The van der Waals surface area contributed by atoms with Gasteiger partial charge in [0.1, 0.15) is 11.5 Å². The Morgan fingerprint density at radius 2 is 1.82 bits per heavy atom. The molecule has 1 aromatic carbocycles. The highest BCUT2D eigenvalue weighted by atomic mass is 79.9. The monoisotopic (exact) mass is 403 g/mol. The number of furan rings is 1. The molecule has 0 radical (unpaired) electrons. The van der Waals surface area contributed by atoms with Gasteiger partial charge in [0.15, 0.2) is 0 Å². The van der Waals surface area contributed by atoms with E-state index in [9.17, 15) is 4.79 Å². The zero-order chi connectivity index (χ0) is 16.7. The second-order valence-corrected chi connectivity index (χ2v) is 7.22. The number of nitrogens with one attached hydrogen (secondary N) is 1. The lowest BCUT2D eigenvalue weighted by atomic mass is 9.94. The standard InChI is InChI=1S/C16H16BrCl2NO2/c1-8-13(14(17)9(2)22-8)15(21)20-16(3,4)10-5-6-11(18)12(19)7-10/h5-7H,1-4H3,(H,20,21). The van der Waals surface area contributed by atoms with Gasteiger partial charge >= 0.3 is 0 Å². The molecule has 0 aliphatic rings. The summed E-state index contributed by atoms with van der Waals surface area (Å²) in [5, 5.41) is 3.94. The highest BCUT2D eigenvalue weighted by Gasteiger charge is 2.27. The van der Waals surface area contributed by atoms with Crippen molar-refractivity contribution in [1.29, 1.82) is 0 Å². The molecule has 0 saturated heterocycles. The van der Waals surface area contributed by atoms with E-state index in [0.29, 0.717) is 31.6 Å². The third-order valence-corrected chi connectivity index (χ3v) is 5.18. The lowest BCUT2D eigenvalue weighted by Gasteiger charge is -2.27. The molecule has 0 spiro atoms. The van der Waals surface area contributed by atoms with Crippen molar-refractivity contribution in [2.24, 2.45) is 0 Å². The van der Waals surface area contributed by atoms with Crippen molar-refractivity contribution in [3.8, 4) is 0 Å². The summed E-state index contributed by atoms with van der Waals surface area (Å²) >= 11 is 15.4. The lowest BCUT2D eigenvalue weighted by molar-refractivity contribution is 0.0910. The molecule has 0 aliphatic carbocycles. The first-order valence-electron chi connectivity index (χ1n) is 6.67. The SMILES string of the molecule is Cc1oc(C)c(C(=O)NC(C)(C)c2ccc(Cl)c(Cl)c2)c1Br. The van der Waals surface area contributed by atoms with Gasteiger partial charge < -0.3 is 9.73 Å². The van der Waals surface area contributed by atoms with Crippen molar-refractivity contribution in [3.63, 3.8) is 0 Å². The molecule has 0 aliphatic heterocycles. The van der Waals surface area contributed by atoms with E-state index >= 15 is 0 Å². The van der Waals surface area contributed by atoms with Gasteiger partial charge in [0, 0.05) is 0 Å². The van der Waals surface area contributed by atoms with Crippen LogP contribution in [0.1, 0.15) is 41.3 Å². The highest BCUT2D eigenvalue weighted by Crippen LogP contribution is 2.31. The third kappa shape index (κ3) is 3.34. The van der Waals surface area contributed by atoms with E-state index in [4.69, 9.17) is 27.6 Å². The van der Waals surface area contributed by atoms with Gasteiger partial charge in [-0.05, 0) is 61.3 Å². The molecule has 1 aromatic heterocycles. The third-order valence-electron chi connectivity index (χ3n) is 3.48. The topological polar surface area (TPSA) is 42.2 Å². The van der Waals surface area contributed by atoms with Crippen LogP contribution in [0.2, 0.25) is 10.0 Å². The molecule has 0 bridgehead atoms. The zero-order valence-electron chi connectivity index (χ0n) is 12.7. The fourth-order valence-electron chi connectivity index (χ4n) is 2.22. The summed E-state index contributed by atoms with van der Waals surface area (Å²) in [6, 6.07) is 5.32. The van der Waals surface area contributed by atoms with E-state index < -0.39 is 5.54 Å². The Hall–Kier alpha value is -0.970. The van der Waals surface area contributed by atoms with Gasteiger partial charge in [-0.25, -0.2) is 0 Å². The molecule has 6 heteroatoms. The van der Waals surface area contributed by atoms with Crippen LogP contribution < -0.4 is 5.32 Å². The van der Waals surface area contributed by atoms with Crippen LogP contribution in [0.3, 0.4) is 0 Å². The minimum Gasteiger partial charge on any atom is -0.465 e. The minimum absolute atomic E-state index is 0.211. The first kappa shape index (κ1) is 17.4. The maximum Gasteiger partial charge on any atom is 0.256 e. The molecule has 2 rings (SSSR count). The van der Waals surface area contributed by atoms with Crippen LogP contribution in [0.4, 0.5) is 0 Å². The average molecular weight is 405 g/mol. The van der Waals surface area contributed by atoms with Gasteiger partial charge in [-0.2, -0.15) is 0 Å². The molecule has 1 heterocycles. The summed E-state index contributed by atoms with van der Waals surface area (Å²) in [6.45, 7) is 7.37. The number of amides is 1. The first-order valence-corrected chi connectivity index (χ1v) is 8.22. The van der Waals surface area contributed by atoms with Gasteiger partial charge in [0.05, 0.1) is 25.6 Å². The van der Waals surface area contributed by atoms with Crippen molar-refractivity contribution >= 4 is 45.0 Å². The molecule has 1 N–H and O–H groups in total. The van der Waals surface area contributed by atoms with E-state index in [2.05, 4.69) is 21.2 Å². The highest BCUT2D eigenvalue weighted by molar-refractivity contribution is 9.10. The molecule has 3 nitrogen and oxygen atoms in total. The van der Waals surface area contributed by atoms with Gasteiger partial charge in [-0.1, -0.05) is 29.3 Å². The molecule has 0 unspecified atom stereocenters. The van der Waals surface area contributed by atoms with Crippen molar-refractivity contribution in [2.75, 3.05) is 0 Å². The molecule has 1 amide bonds. The molecule has 0 atom stereocenters. The normalized spacial score (nSPS) is 11.6. The summed E-state index contributed by atoms with van der Waals surface area (Å²) in [7, 11) is 0. The number of carbonyl (C=O) groups is 1. The Kier molecular flexibility index (Phi) is 4.95. The van der Waals surface area contributed by atoms with Gasteiger partial charge in [0.2, 0.25) is 0 Å². The van der Waals surface area contributed by atoms with Gasteiger partial charge in [0.25, 0.3) is 5.91 Å². The largest absolute Gasteiger partial charge is 0.465 e. The van der Waals surface area contributed by atoms with Crippen LogP contribution in [-0.4, -0.2) is 5.91 Å². The van der Waals surface area contributed by atoms with Crippen molar-refractivity contribution in [2.45, 2.75) is 33.2 Å². The molecular formula is C16H16BrCl2NO2. The van der Waals surface area contributed by atoms with Crippen molar-refractivity contribution in [1.82, 2.24) is 5.32 Å². The fourth-order valence-corrected chi connectivity index (χ4v) is 3.06. The van der Waals surface area contributed by atoms with Crippen LogP contribution in [-0.2, 0) is 5.54 Å². The van der Waals surface area contributed by atoms with E-state index in [0.717, 1.165) is 5.56 Å². The van der Waals surface area contributed by atoms with Crippen molar-refractivity contribution < 1.29 is 9.21 Å². The lowest BCUT2D eigenvalue weighted by Crippen LogP contribution is -2.41. The van der Waals surface area contributed by atoms with Crippen LogP contribution in [0.25, 0.3) is 0 Å². The molecule has 0 saturated carbocycles. The Balaban J connectivity index is 2.31. The predicted molar refractivity (Wildman–Crippen MR) is 92.8 cm³/mol. The summed E-state index contributed by atoms with van der Waals surface area (Å²) in [4.78, 5) is 12.6. The first-order chi connectivity index (χ1) is 10.1. The molecule has 22 heavy (non-hydrogen) atoms. The number of carbonyl (C=O) groups excluding carboxylic acids is 1. The Morgan fingerprint density at radius 1 is 1.18 bits per heavy atom. The van der Waals surface area contributed by atoms with Crippen LogP contribution >= 0.6 is 39.1 Å². The Labute approximate surface area is 148 Å². The zero-order valence-corrected chi connectivity index (χ0v) is 15.8. The molecule has 118 valence electrons. The smallest absolute Gasteiger partial charge is 0.256 e. The second-order valence-electron chi connectivity index (χ2n) is 5.61. The summed E-state index contributed by atoms with van der Waals surface area (Å²) in [6.07, 6.45) is 0. The van der Waals surface area contributed by atoms with Gasteiger partial charge in [-0.3, -0.25) is 4.79 Å². The second kappa shape index (κ2) is 6.26. The molecular weight excluding hydrogens is 389 g/mol. The van der Waals surface area contributed by atoms with Gasteiger partial charge in [-0.15, -0.1) is 0 Å². The quantitative estimate of drug-likeness (QED) is 0.719. The van der Waals surface area contributed by atoms with E-state index in [1.165, 1.54) is 0 Å². The molecule has 2 aromatic rings. The molecule has 0 fully saturated rings. The average Bonchev–Trinajstić information content (AvgIpc) is 2.65. The van der Waals surface area contributed by atoms with Crippen molar-refractivity contribution in [3.05, 3.63) is 55.4 Å². The van der Waals surface area contributed by atoms with E-state index in [1.807, 2.05) is 19.9 Å². The maximum atomic E-state index is 12.6. The summed E-state index contributed by atoms with van der Waals surface area (Å²) in [5.41, 5.74) is 0.761. The number of rotatable bonds is 3. The number of halogens is 3. The summed E-state index contributed by atoms with van der Waals surface area (Å²) < 4.78 is 6.15. The Bertz CT molecular complexity index is 738. The number of benzene rings is 1. The maximum absolute atomic E-state index is 12.6. The summed E-state index contributed by atoms with van der Waals surface area (Å²) in [5.74, 6) is 1.04. The number of hydrogen-bond donors (Lipinski definition) is 1. The Morgan fingerprint density at radius 3 is 2.32 bits per heavy atom. The minimum atomic E-state index is -0.609. The van der Waals surface area contributed by atoms with Crippen LogP contribution in [0, 0.1) is 13.8 Å². The fraction of sp³-hybridized carbons (Fsp3) is 0.312. The number of aryl methyl sites for hydroxylation is 2. The van der Waals surface area contributed by atoms with E-state index in [1.54, 1.807) is 26.0 Å². The number of hydrogen-bond acceptors (Lipinski definition) is 2. The van der Waals surface area contributed by atoms with E-state index in [-0.39, 0.29) is 5.91 Å². The van der Waals surface area contributed by atoms with Crippen LogP contribution in [0.15, 0.2) is 27.1 Å². The van der Waals surface area contributed by atoms with Crippen LogP contribution in [0.5, 0.6) is 0 Å². The predicted octanol–water partition coefficient (Wildman–Crippen LogP) is 5.63.